The van der Waals surface area contributed by atoms with Crippen LogP contribution >= 0.6 is 45.3 Å². The van der Waals surface area contributed by atoms with Gasteiger partial charge < -0.3 is 9.47 Å². The van der Waals surface area contributed by atoms with Crippen molar-refractivity contribution in [3.8, 4) is 0 Å². The molecule has 0 radical (unpaired) electrons. The number of ether oxygens (including phenoxy) is 2. The van der Waals surface area contributed by atoms with Crippen LogP contribution in [0.4, 0.5) is 26.3 Å². The molecular weight excluding hydrogens is 657 g/mol. The third-order valence-corrected chi connectivity index (χ3v) is 8.46. The van der Waals surface area contributed by atoms with Crippen molar-refractivity contribution in [1.29, 1.82) is 0 Å². The summed E-state index contributed by atoms with van der Waals surface area (Å²) in [5, 5.41) is 0. The molecule has 1 aliphatic rings. The Morgan fingerprint density at radius 2 is 1.24 bits per heavy atom. The summed E-state index contributed by atoms with van der Waals surface area (Å²) >= 11 is 3.27. The number of allylic oxidation sites excluding steroid dienone is 2. The van der Waals surface area contributed by atoms with Gasteiger partial charge in [-0.1, -0.05) is 13.2 Å². The highest BCUT2D eigenvalue weighted by Gasteiger charge is 2.80. The summed E-state index contributed by atoms with van der Waals surface area (Å²) in [7, 11) is 0. The van der Waals surface area contributed by atoms with Crippen molar-refractivity contribution in [2.45, 2.75) is 51.8 Å². The van der Waals surface area contributed by atoms with Crippen LogP contribution in [0.3, 0.4) is 0 Å². The summed E-state index contributed by atoms with van der Waals surface area (Å²) < 4.78 is 99.8. The van der Waals surface area contributed by atoms with Crippen molar-refractivity contribution < 1.29 is 45.4 Å². The fraction of sp³-hybridized carbons (Fsp3) is 0.333. The first-order chi connectivity index (χ1) is 16.9. The van der Waals surface area contributed by atoms with Crippen LogP contribution in [0.2, 0.25) is 0 Å². The zero-order chi connectivity index (χ0) is 28.1. The third kappa shape index (κ3) is 5.13. The largest absolute Gasteiger partial charge is 0.457 e. The molecule has 2 aromatic heterocycles. The molecule has 2 aromatic rings. The van der Waals surface area contributed by atoms with E-state index in [0.29, 0.717) is 0 Å². The summed E-state index contributed by atoms with van der Waals surface area (Å²) in [4.78, 5) is 23.8. The Balaban J connectivity index is 2.15. The zero-order valence-corrected chi connectivity index (χ0v) is 23.4. The number of rotatable bonds is 8. The molecule has 0 aromatic carbocycles. The molecule has 1 aliphatic carbocycles. The number of carbonyl (C=O) groups excluding carboxylic acids is 2. The highest BCUT2D eigenvalue weighted by atomic mass is 127. The molecule has 200 valence electrons. The van der Waals surface area contributed by atoms with E-state index in [-0.39, 0.29) is 41.9 Å². The molecule has 0 atom stereocenters. The Morgan fingerprint density at radius 1 is 0.838 bits per heavy atom. The standard InChI is InChI=1S/C24H19F6IO4S2/c1-10(2)20(32)34-8-13-6-15(12(5)36-13)17-18(23(27,28)24(29,30)22(17,25)26)16-7-14(37-19(16)31)9-35-21(33)11(3)4/h6-7H,1,3,8-9H2,2,4-5H3. The van der Waals surface area contributed by atoms with Gasteiger partial charge >= 0.3 is 29.7 Å². The monoisotopic (exact) mass is 676 g/mol. The molecule has 37 heavy (non-hydrogen) atoms. The molecule has 0 saturated carbocycles. The molecule has 3 rings (SSSR count). The number of carbonyl (C=O) groups is 2. The maximum Gasteiger partial charge on any atom is 0.380 e. The van der Waals surface area contributed by atoms with Crippen molar-refractivity contribution in [1.82, 2.24) is 0 Å². The quantitative estimate of drug-likeness (QED) is 0.124. The van der Waals surface area contributed by atoms with Crippen LogP contribution in [0.15, 0.2) is 36.4 Å². The average molecular weight is 676 g/mol. The summed E-state index contributed by atoms with van der Waals surface area (Å²) in [6.07, 6.45) is 0. The minimum Gasteiger partial charge on any atom is -0.457 e. The van der Waals surface area contributed by atoms with E-state index in [1.54, 1.807) is 22.6 Å². The molecular formula is C24H19F6IO4S2. The van der Waals surface area contributed by atoms with E-state index in [9.17, 15) is 18.4 Å². The van der Waals surface area contributed by atoms with E-state index < -0.39 is 52.0 Å². The van der Waals surface area contributed by atoms with Gasteiger partial charge in [0.2, 0.25) is 0 Å². The maximum atomic E-state index is 15.1. The average Bonchev–Trinajstić information content (AvgIpc) is 3.36. The van der Waals surface area contributed by atoms with Gasteiger partial charge in [0.15, 0.2) is 0 Å². The molecule has 0 saturated heterocycles. The minimum absolute atomic E-state index is 0.0307. The van der Waals surface area contributed by atoms with Gasteiger partial charge in [-0.25, -0.2) is 9.59 Å². The first-order valence-corrected chi connectivity index (χ1v) is 13.1. The highest BCUT2D eigenvalue weighted by Crippen LogP contribution is 2.65. The van der Waals surface area contributed by atoms with Gasteiger partial charge in [-0.15, -0.1) is 22.7 Å². The van der Waals surface area contributed by atoms with Crippen LogP contribution in [0.25, 0.3) is 11.1 Å². The van der Waals surface area contributed by atoms with Crippen molar-refractivity contribution in [2.75, 3.05) is 0 Å². The molecule has 0 N–H and O–H groups in total. The van der Waals surface area contributed by atoms with Crippen LogP contribution in [-0.2, 0) is 32.3 Å². The lowest BCUT2D eigenvalue weighted by atomic mass is 9.96. The number of hydrogen-bond donors (Lipinski definition) is 0. The SMILES string of the molecule is C=C(C)C(=O)OCc1cc(C2=C(c3cc(COC(=O)C(=C)C)sc3I)C(F)(F)C(F)(F)C2(F)F)c(C)s1. The number of alkyl halides is 6. The van der Waals surface area contributed by atoms with Gasteiger partial charge in [0.05, 0.1) is 2.88 Å². The number of hydrogen-bond acceptors (Lipinski definition) is 6. The van der Waals surface area contributed by atoms with E-state index in [0.717, 1.165) is 34.8 Å². The third-order valence-electron chi connectivity index (χ3n) is 5.30. The van der Waals surface area contributed by atoms with Crippen LogP contribution in [0.1, 0.15) is 39.6 Å². The van der Waals surface area contributed by atoms with Crippen LogP contribution in [-0.4, -0.2) is 29.7 Å². The normalized spacial score (nSPS) is 17.6. The zero-order valence-electron chi connectivity index (χ0n) is 19.6. The molecule has 13 heteroatoms. The van der Waals surface area contributed by atoms with Crippen molar-refractivity contribution in [3.63, 3.8) is 0 Å². The molecule has 0 spiro atoms. The van der Waals surface area contributed by atoms with Crippen molar-refractivity contribution in [2.24, 2.45) is 0 Å². The van der Waals surface area contributed by atoms with E-state index in [1.807, 2.05) is 0 Å². The maximum absolute atomic E-state index is 15.1. The molecule has 0 unspecified atom stereocenters. The Labute approximate surface area is 229 Å². The fourth-order valence-electron chi connectivity index (χ4n) is 3.47. The van der Waals surface area contributed by atoms with E-state index in [1.165, 1.54) is 20.8 Å². The Hall–Kier alpha value is -2.13. The topological polar surface area (TPSA) is 52.6 Å². The molecule has 0 amide bonds. The number of esters is 2. The van der Waals surface area contributed by atoms with Gasteiger partial charge in [-0.05, 0) is 61.1 Å². The summed E-state index contributed by atoms with van der Waals surface area (Å²) in [6.45, 7) is 10.2. The lowest BCUT2D eigenvalue weighted by molar-refractivity contribution is -0.254. The van der Waals surface area contributed by atoms with Gasteiger partial charge in [0, 0.05) is 42.5 Å². The fourth-order valence-corrected chi connectivity index (χ4v) is 6.50. The number of aryl methyl sites for hydroxylation is 1. The Bertz CT molecular complexity index is 1240. The number of halogens is 7. The summed E-state index contributed by atoms with van der Waals surface area (Å²) in [5.41, 5.74) is -3.86. The second-order valence-corrected chi connectivity index (χ2v) is 12.6. The first-order valence-electron chi connectivity index (χ1n) is 10.4. The molecule has 2 heterocycles. The first kappa shape index (κ1) is 29.4. The molecule has 0 fully saturated rings. The molecule has 4 nitrogen and oxygen atoms in total. The van der Waals surface area contributed by atoms with Gasteiger partial charge in [-0.3, -0.25) is 0 Å². The molecule has 0 bridgehead atoms. The lowest BCUT2D eigenvalue weighted by Crippen LogP contribution is -2.48. The Morgan fingerprint density at radius 3 is 1.70 bits per heavy atom. The number of thiophene rings is 2. The van der Waals surface area contributed by atoms with Gasteiger partial charge in [0.25, 0.3) is 0 Å². The van der Waals surface area contributed by atoms with Crippen molar-refractivity contribution >= 4 is 68.3 Å². The predicted octanol–water partition coefficient (Wildman–Crippen LogP) is 7.79. The lowest BCUT2D eigenvalue weighted by Gasteiger charge is -2.25. The summed E-state index contributed by atoms with van der Waals surface area (Å²) in [6, 6.07) is 2.08. The second kappa shape index (κ2) is 10.2. The summed E-state index contributed by atoms with van der Waals surface area (Å²) in [5.74, 6) is -17.7. The minimum atomic E-state index is -5.72. The predicted molar refractivity (Wildman–Crippen MR) is 137 cm³/mol. The Kier molecular flexibility index (Phi) is 8.12. The van der Waals surface area contributed by atoms with Crippen LogP contribution in [0, 0.1) is 9.81 Å². The van der Waals surface area contributed by atoms with E-state index in [4.69, 9.17) is 9.47 Å². The van der Waals surface area contributed by atoms with Crippen molar-refractivity contribution in [3.05, 3.63) is 65.1 Å². The highest BCUT2D eigenvalue weighted by molar-refractivity contribution is 14.1. The molecule has 0 aliphatic heterocycles. The second-order valence-electron chi connectivity index (χ2n) is 8.27. The smallest absolute Gasteiger partial charge is 0.380 e. The van der Waals surface area contributed by atoms with Crippen LogP contribution < -0.4 is 0 Å². The van der Waals surface area contributed by atoms with Crippen LogP contribution in [0.5, 0.6) is 0 Å². The van der Waals surface area contributed by atoms with E-state index >= 15 is 17.6 Å². The van der Waals surface area contributed by atoms with Gasteiger partial charge in [0.1, 0.15) is 13.2 Å². The van der Waals surface area contributed by atoms with E-state index in [2.05, 4.69) is 13.2 Å². The van der Waals surface area contributed by atoms with Gasteiger partial charge in [-0.2, -0.15) is 26.3 Å².